The summed E-state index contributed by atoms with van der Waals surface area (Å²) in [5.74, 6) is 0. The predicted octanol–water partition coefficient (Wildman–Crippen LogP) is 1.08. The molecule has 0 radical (unpaired) electrons. The Morgan fingerprint density at radius 3 is 2.47 bits per heavy atom. The molecule has 1 aliphatic heterocycles. The number of hydrogen-bond donors (Lipinski definition) is 0. The molecule has 5 heteroatoms. The first-order chi connectivity index (χ1) is 6.68. The molecule has 0 amide bonds. The molecule has 4 nitrogen and oxygen atoms in total. The third-order valence-electron chi connectivity index (χ3n) is 2.41. The largest absolute Gasteiger partial charge is 0.375 e. The molecule has 1 unspecified atom stereocenters. The summed E-state index contributed by atoms with van der Waals surface area (Å²) < 4.78 is 29.8. The van der Waals surface area contributed by atoms with E-state index in [-0.39, 0.29) is 11.5 Å². The summed E-state index contributed by atoms with van der Waals surface area (Å²) >= 11 is 0. The topological polar surface area (TPSA) is 46.6 Å². The first-order valence-electron chi connectivity index (χ1n) is 5.25. The van der Waals surface area contributed by atoms with Crippen molar-refractivity contribution in [1.82, 2.24) is 4.31 Å². The minimum absolute atomic E-state index is 0.0356. The van der Waals surface area contributed by atoms with Crippen LogP contribution in [0.2, 0.25) is 0 Å². The molecule has 0 saturated carbocycles. The van der Waals surface area contributed by atoms with Gasteiger partial charge in [-0.15, -0.1) is 0 Å². The van der Waals surface area contributed by atoms with Crippen LogP contribution in [0, 0.1) is 5.41 Å². The average Bonchev–Trinajstić information content (AvgIpc) is 1.99. The molecule has 0 aliphatic carbocycles. The molecule has 0 aromatic carbocycles. The van der Waals surface area contributed by atoms with Crippen molar-refractivity contribution in [2.75, 3.05) is 26.0 Å². The molecule has 1 rings (SSSR count). The van der Waals surface area contributed by atoms with Crippen LogP contribution in [0.15, 0.2) is 0 Å². The first kappa shape index (κ1) is 12.9. The van der Waals surface area contributed by atoms with Crippen molar-refractivity contribution in [3.05, 3.63) is 0 Å². The van der Waals surface area contributed by atoms with Crippen LogP contribution < -0.4 is 0 Å². The lowest BCUT2D eigenvalue weighted by atomic mass is 9.89. The highest BCUT2D eigenvalue weighted by molar-refractivity contribution is 7.88. The van der Waals surface area contributed by atoms with Gasteiger partial charge in [-0.3, -0.25) is 0 Å². The SMILES string of the molecule is CC(C)(C)CC1CN(S(C)(=O)=O)CCO1. The third kappa shape index (κ3) is 4.49. The normalized spacial score (nSPS) is 25.5. The smallest absolute Gasteiger partial charge is 0.211 e. The van der Waals surface area contributed by atoms with Crippen molar-refractivity contribution in [3.63, 3.8) is 0 Å². The summed E-state index contributed by atoms with van der Waals surface area (Å²) in [4.78, 5) is 0. The summed E-state index contributed by atoms with van der Waals surface area (Å²) in [6, 6.07) is 0. The van der Waals surface area contributed by atoms with Gasteiger partial charge in [-0.2, -0.15) is 4.31 Å². The van der Waals surface area contributed by atoms with E-state index in [0.29, 0.717) is 19.7 Å². The van der Waals surface area contributed by atoms with E-state index in [4.69, 9.17) is 4.74 Å². The first-order valence-corrected chi connectivity index (χ1v) is 7.10. The van der Waals surface area contributed by atoms with Gasteiger partial charge in [0, 0.05) is 13.1 Å². The van der Waals surface area contributed by atoms with E-state index < -0.39 is 10.0 Å². The van der Waals surface area contributed by atoms with Gasteiger partial charge in [-0.25, -0.2) is 8.42 Å². The van der Waals surface area contributed by atoms with Crippen molar-refractivity contribution in [2.45, 2.75) is 33.3 Å². The maximum absolute atomic E-state index is 11.4. The van der Waals surface area contributed by atoms with E-state index in [1.54, 1.807) is 0 Å². The predicted molar refractivity (Wildman–Crippen MR) is 60.2 cm³/mol. The molecule has 1 atom stereocenters. The molecule has 1 aliphatic rings. The molecule has 0 aromatic rings. The van der Waals surface area contributed by atoms with Gasteiger partial charge in [0.15, 0.2) is 0 Å². The second-order valence-electron chi connectivity index (χ2n) is 5.38. The number of nitrogens with zero attached hydrogens (tertiary/aromatic N) is 1. The molecule has 0 spiro atoms. The van der Waals surface area contributed by atoms with Crippen LogP contribution in [-0.2, 0) is 14.8 Å². The minimum atomic E-state index is -3.06. The summed E-state index contributed by atoms with van der Waals surface area (Å²) in [5, 5.41) is 0. The Bertz CT molecular complexity index is 305. The molecule has 0 bridgehead atoms. The lowest BCUT2D eigenvalue weighted by Crippen LogP contribution is -2.46. The number of sulfonamides is 1. The van der Waals surface area contributed by atoms with Gasteiger partial charge >= 0.3 is 0 Å². The minimum Gasteiger partial charge on any atom is -0.375 e. The van der Waals surface area contributed by atoms with Crippen LogP contribution in [0.25, 0.3) is 0 Å². The van der Waals surface area contributed by atoms with E-state index in [2.05, 4.69) is 20.8 Å². The van der Waals surface area contributed by atoms with E-state index in [1.807, 2.05) is 0 Å². The van der Waals surface area contributed by atoms with Gasteiger partial charge in [0.05, 0.1) is 19.0 Å². The lowest BCUT2D eigenvalue weighted by Gasteiger charge is -2.34. The summed E-state index contributed by atoms with van der Waals surface area (Å²) in [6.45, 7) is 7.89. The van der Waals surface area contributed by atoms with Crippen LogP contribution >= 0.6 is 0 Å². The van der Waals surface area contributed by atoms with Gasteiger partial charge in [-0.05, 0) is 11.8 Å². The summed E-state index contributed by atoms with van der Waals surface area (Å²) in [6.07, 6.45) is 2.18. The molecule has 1 fully saturated rings. The summed E-state index contributed by atoms with van der Waals surface area (Å²) in [7, 11) is -3.06. The van der Waals surface area contributed by atoms with Crippen LogP contribution in [0.1, 0.15) is 27.2 Å². The highest BCUT2D eigenvalue weighted by Crippen LogP contribution is 2.24. The zero-order valence-electron chi connectivity index (χ0n) is 9.99. The second kappa shape index (κ2) is 4.39. The van der Waals surface area contributed by atoms with Gasteiger partial charge in [0.1, 0.15) is 0 Å². The molecule has 1 saturated heterocycles. The zero-order chi connectivity index (χ0) is 11.7. The van der Waals surface area contributed by atoms with Gasteiger partial charge in [0.2, 0.25) is 10.0 Å². The number of rotatable bonds is 2. The number of hydrogen-bond acceptors (Lipinski definition) is 3. The second-order valence-corrected chi connectivity index (χ2v) is 7.36. The summed E-state index contributed by atoms with van der Waals surface area (Å²) in [5.41, 5.74) is 0.172. The van der Waals surface area contributed by atoms with Crippen molar-refractivity contribution in [1.29, 1.82) is 0 Å². The Morgan fingerprint density at radius 1 is 1.40 bits per heavy atom. The Kier molecular flexibility index (Phi) is 3.79. The molecular formula is C10H21NO3S. The fraction of sp³-hybridized carbons (Fsp3) is 1.00. The van der Waals surface area contributed by atoms with Crippen LogP contribution in [0.5, 0.6) is 0 Å². The third-order valence-corrected chi connectivity index (χ3v) is 3.68. The van der Waals surface area contributed by atoms with Gasteiger partial charge in [-0.1, -0.05) is 20.8 Å². The average molecular weight is 235 g/mol. The zero-order valence-corrected chi connectivity index (χ0v) is 10.8. The van der Waals surface area contributed by atoms with E-state index in [9.17, 15) is 8.42 Å². The maximum atomic E-state index is 11.4. The molecule has 0 aromatic heterocycles. The van der Waals surface area contributed by atoms with Crippen molar-refractivity contribution < 1.29 is 13.2 Å². The molecule has 1 heterocycles. The Balaban J connectivity index is 2.57. The standard InChI is InChI=1S/C10H21NO3S/c1-10(2,3)7-9-8-11(5-6-14-9)15(4,12)13/h9H,5-8H2,1-4H3. The molecular weight excluding hydrogens is 214 g/mol. The molecule has 90 valence electrons. The van der Waals surface area contributed by atoms with Gasteiger partial charge < -0.3 is 4.74 Å². The maximum Gasteiger partial charge on any atom is 0.211 e. The Labute approximate surface area is 92.7 Å². The Hall–Kier alpha value is -0.130. The van der Waals surface area contributed by atoms with Gasteiger partial charge in [0.25, 0.3) is 0 Å². The van der Waals surface area contributed by atoms with Crippen molar-refractivity contribution in [2.24, 2.45) is 5.41 Å². The van der Waals surface area contributed by atoms with Crippen molar-refractivity contribution in [3.8, 4) is 0 Å². The van der Waals surface area contributed by atoms with E-state index in [1.165, 1.54) is 10.6 Å². The quantitative estimate of drug-likeness (QED) is 0.719. The van der Waals surface area contributed by atoms with Crippen LogP contribution in [0.3, 0.4) is 0 Å². The fourth-order valence-electron chi connectivity index (χ4n) is 1.80. The van der Waals surface area contributed by atoms with Crippen molar-refractivity contribution >= 4 is 10.0 Å². The fourth-order valence-corrected chi connectivity index (χ4v) is 2.64. The molecule has 15 heavy (non-hydrogen) atoms. The number of ether oxygens (including phenoxy) is 1. The monoisotopic (exact) mass is 235 g/mol. The van der Waals surface area contributed by atoms with Crippen LogP contribution in [0.4, 0.5) is 0 Å². The highest BCUT2D eigenvalue weighted by atomic mass is 32.2. The Morgan fingerprint density at radius 2 is 2.00 bits per heavy atom. The lowest BCUT2D eigenvalue weighted by molar-refractivity contribution is -0.0214. The molecule has 0 N–H and O–H groups in total. The van der Waals surface area contributed by atoms with E-state index >= 15 is 0 Å². The highest BCUT2D eigenvalue weighted by Gasteiger charge is 2.29. The van der Waals surface area contributed by atoms with E-state index in [0.717, 1.165) is 6.42 Å². The van der Waals surface area contributed by atoms with Crippen LogP contribution in [-0.4, -0.2) is 44.8 Å². The number of morpholine rings is 1.